The van der Waals surface area contributed by atoms with Crippen LogP contribution in [0.5, 0.6) is 0 Å². The monoisotopic (exact) mass is 292 g/mol. The van der Waals surface area contributed by atoms with Gasteiger partial charge >= 0.3 is 23.9 Å². The highest BCUT2D eigenvalue weighted by molar-refractivity contribution is 5.72. The maximum Gasteiger partial charge on any atom is 0.306 e. The number of aliphatic carboxylic acids is 4. The van der Waals surface area contributed by atoms with Gasteiger partial charge in [0, 0.05) is 12.8 Å². The molecule has 0 rings (SSSR count). The van der Waals surface area contributed by atoms with Gasteiger partial charge in [-0.1, -0.05) is 13.8 Å². The summed E-state index contributed by atoms with van der Waals surface area (Å²) in [7, 11) is 0. The molecule has 0 saturated carbocycles. The van der Waals surface area contributed by atoms with Gasteiger partial charge < -0.3 is 20.4 Å². The molecule has 0 aromatic carbocycles. The van der Waals surface area contributed by atoms with Crippen molar-refractivity contribution >= 4 is 23.9 Å². The molecule has 0 amide bonds. The third-order valence-corrected chi connectivity index (χ3v) is 2.43. The van der Waals surface area contributed by atoms with Gasteiger partial charge in [-0.15, -0.1) is 0 Å². The minimum absolute atomic E-state index is 0.0759. The van der Waals surface area contributed by atoms with E-state index in [4.69, 9.17) is 20.4 Å². The molecular formula is C12H20O8. The van der Waals surface area contributed by atoms with E-state index in [9.17, 15) is 19.2 Å². The molecule has 0 fully saturated rings. The van der Waals surface area contributed by atoms with Crippen LogP contribution in [0.3, 0.4) is 0 Å². The normalized spacial score (nSPS) is 12.5. The van der Waals surface area contributed by atoms with E-state index >= 15 is 0 Å². The van der Waals surface area contributed by atoms with E-state index in [0.29, 0.717) is 0 Å². The van der Waals surface area contributed by atoms with Gasteiger partial charge in [-0.3, -0.25) is 19.2 Å². The van der Waals surface area contributed by atoms with Gasteiger partial charge in [0.2, 0.25) is 0 Å². The lowest BCUT2D eigenvalue weighted by molar-refractivity contribution is -0.144. The zero-order valence-corrected chi connectivity index (χ0v) is 11.4. The van der Waals surface area contributed by atoms with Crippen molar-refractivity contribution in [3.8, 4) is 0 Å². The van der Waals surface area contributed by atoms with Crippen molar-refractivity contribution in [3.05, 3.63) is 0 Å². The standard InChI is InChI=1S/2C6H10O4/c2*1-4(6(9)10)2-3-5(7)8/h2*4H,2-3H2,1H3,(H,7,8)(H,9,10). The Morgan fingerprint density at radius 1 is 0.700 bits per heavy atom. The molecule has 0 heterocycles. The van der Waals surface area contributed by atoms with Gasteiger partial charge in [-0.25, -0.2) is 0 Å². The van der Waals surface area contributed by atoms with E-state index in [-0.39, 0.29) is 25.7 Å². The van der Waals surface area contributed by atoms with E-state index in [1.807, 2.05) is 0 Å². The van der Waals surface area contributed by atoms with Crippen molar-refractivity contribution < 1.29 is 39.6 Å². The van der Waals surface area contributed by atoms with E-state index in [1.54, 1.807) is 0 Å². The predicted octanol–water partition coefficient (Wildman–Crippen LogP) is 1.14. The molecule has 0 saturated heterocycles. The molecule has 0 spiro atoms. The lowest BCUT2D eigenvalue weighted by Crippen LogP contribution is -2.11. The van der Waals surface area contributed by atoms with Crippen LogP contribution in [0.25, 0.3) is 0 Å². The summed E-state index contributed by atoms with van der Waals surface area (Å²) in [6, 6.07) is 0. The third-order valence-electron chi connectivity index (χ3n) is 2.43. The van der Waals surface area contributed by atoms with Gasteiger partial charge in [0.15, 0.2) is 0 Å². The topological polar surface area (TPSA) is 149 Å². The molecule has 8 heteroatoms. The Morgan fingerprint density at radius 2 is 0.950 bits per heavy atom. The second-order valence-electron chi connectivity index (χ2n) is 4.34. The van der Waals surface area contributed by atoms with Gasteiger partial charge in [0.25, 0.3) is 0 Å². The maximum absolute atomic E-state index is 10.1. The van der Waals surface area contributed by atoms with Crippen LogP contribution in [-0.2, 0) is 19.2 Å². The Hall–Kier alpha value is -2.12. The molecule has 8 nitrogen and oxygen atoms in total. The molecular weight excluding hydrogens is 272 g/mol. The van der Waals surface area contributed by atoms with Crippen LogP contribution in [0.1, 0.15) is 39.5 Å². The van der Waals surface area contributed by atoms with Crippen molar-refractivity contribution in [2.45, 2.75) is 39.5 Å². The van der Waals surface area contributed by atoms with Gasteiger partial charge in [-0.2, -0.15) is 0 Å². The van der Waals surface area contributed by atoms with Crippen molar-refractivity contribution in [3.63, 3.8) is 0 Å². The number of carbonyl (C=O) groups is 4. The Morgan fingerprint density at radius 3 is 1.10 bits per heavy atom. The highest BCUT2D eigenvalue weighted by Gasteiger charge is 2.12. The summed E-state index contributed by atoms with van der Waals surface area (Å²) in [6.45, 7) is 2.98. The Bertz CT molecular complexity index is 315. The van der Waals surface area contributed by atoms with Crippen molar-refractivity contribution in [2.24, 2.45) is 11.8 Å². The fourth-order valence-corrected chi connectivity index (χ4v) is 0.927. The molecule has 0 aliphatic heterocycles. The predicted molar refractivity (Wildman–Crippen MR) is 67.3 cm³/mol. The van der Waals surface area contributed by atoms with E-state index in [1.165, 1.54) is 13.8 Å². The van der Waals surface area contributed by atoms with E-state index in [2.05, 4.69) is 0 Å². The summed E-state index contributed by atoms with van der Waals surface area (Å²) in [4.78, 5) is 40.1. The highest BCUT2D eigenvalue weighted by atomic mass is 16.4. The number of hydrogen-bond acceptors (Lipinski definition) is 4. The van der Waals surface area contributed by atoms with Crippen molar-refractivity contribution in [1.82, 2.24) is 0 Å². The molecule has 0 aliphatic carbocycles. The number of hydrogen-bond donors (Lipinski definition) is 4. The number of carboxylic acid groups (broad SMARTS) is 4. The summed E-state index contributed by atoms with van der Waals surface area (Å²) in [5, 5.41) is 32.9. The molecule has 20 heavy (non-hydrogen) atoms. The molecule has 116 valence electrons. The second-order valence-corrected chi connectivity index (χ2v) is 4.34. The molecule has 2 atom stereocenters. The Labute approximate surface area is 116 Å². The molecule has 0 radical (unpaired) electrons. The molecule has 0 aromatic heterocycles. The van der Waals surface area contributed by atoms with Crippen LogP contribution < -0.4 is 0 Å². The summed E-state index contributed by atoms with van der Waals surface area (Å²) < 4.78 is 0. The first-order valence-electron chi connectivity index (χ1n) is 5.97. The number of rotatable bonds is 8. The maximum atomic E-state index is 10.1. The van der Waals surface area contributed by atoms with Crippen LogP contribution in [0.15, 0.2) is 0 Å². The Kier molecular flexibility index (Phi) is 10.9. The highest BCUT2D eigenvalue weighted by Crippen LogP contribution is 2.05. The molecule has 4 N–H and O–H groups in total. The summed E-state index contributed by atoms with van der Waals surface area (Å²) in [5.74, 6) is -4.91. The van der Waals surface area contributed by atoms with Crippen LogP contribution in [-0.4, -0.2) is 44.3 Å². The molecule has 0 aromatic rings. The Balaban J connectivity index is 0. The molecule has 2 unspecified atom stereocenters. The summed E-state index contributed by atoms with van der Waals surface area (Å²) in [5.41, 5.74) is 0. The van der Waals surface area contributed by atoms with Crippen LogP contribution in [0.2, 0.25) is 0 Å². The van der Waals surface area contributed by atoms with Crippen LogP contribution in [0, 0.1) is 11.8 Å². The lowest BCUT2D eigenvalue weighted by Gasteiger charge is -2.01. The van der Waals surface area contributed by atoms with Gasteiger partial charge in [0.1, 0.15) is 0 Å². The summed E-state index contributed by atoms with van der Waals surface area (Å²) in [6.07, 6.45) is 0.246. The smallest absolute Gasteiger partial charge is 0.306 e. The minimum atomic E-state index is -0.951. The first kappa shape index (κ1) is 20.2. The quantitative estimate of drug-likeness (QED) is 0.520. The van der Waals surface area contributed by atoms with E-state index < -0.39 is 35.7 Å². The van der Waals surface area contributed by atoms with Crippen LogP contribution >= 0.6 is 0 Å². The fourth-order valence-electron chi connectivity index (χ4n) is 0.927. The minimum Gasteiger partial charge on any atom is -0.481 e. The SMILES string of the molecule is CC(CCC(=O)O)C(=O)O.CC(CCC(=O)O)C(=O)O. The molecule has 0 bridgehead atoms. The average molecular weight is 292 g/mol. The van der Waals surface area contributed by atoms with Gasteiger partial charge in [0.05, 0.1) is 11.8 Å². The van der Waals surface area contributed by atoms with Crippen molar-refractivity contribution in [1.29, 1.82) is 0 Å². The zero-order valence-electron chi connectivity index (χ0n) is 11.4. The largest absolute Gasteiger partial charge is 0.481 e. The zero-order chi connectivity index (χ0) is 16.3. The van der Waals surface area contributed by atoms with E-state index in [0.717, 1.165) is 0 Å². The lowest BCUT2D eigenvalue weighted by atomic mass is 10.1. The van der Waals surface area contributed by atoms with Crippen molar-refractivity contribution in [2.75, 3.05) is 0 Å². The first-order chi connectivity index (χ1) is 9.07. The molecule has 0 aliphatic rings. The average Bonchev–Trinajstić information content (AvgIpc) is 2.33. The number of carboxylic acids is 4. The third kappa shape index (κ3) is 13.9. The second kappa shape index (κ2) is 10.8. The van der Waals surface area contributed by atoms with Crippen LogP contribution in [0.4, 0.5) is 0 Å². The van der Waals surface area contributed by atoms with Gasteiger partial charge in [-0.05, 0) is 12.8 Å². The fraction of sp³-hybridized carbons (Fsp3) is 0.667. The first-order valence-corrected chi connectivity index (χ1v) is 5.97. The summed E-state index contributed by atoms with van der Waals surface area (Å²) >= 11 is 0.